The van der Waals surface area contributed by atoms with Crippen molar-refractivity contribution in [1.82, 2.24) is 5.32 Å². The second kappa shape index (κ2) is 6.93. The van der Waals surface area contributed by atoms with Crippen molar-refractivity contribution in [3.05, 3.63) is 65.2 Å². The number of rotatable bonds is 5. The molecule has 3 N–H and O–H groups in total. The van der Waals surface area contributed by atoms with E-state index >= 15 is 0 Å². The predicted molar refractivity (Wildman–Crippen MR) is 86.9 cm³/mol. The minimum absolute atomic E-state index is 0.0718. The van der Waals surface area contributed by atoms with Crippen LogP contribution in [-0.2, 0) is 11.3 Å². The Bertz CT molecular complexity index is 605. The third kappa shape index (κ3) is 4.35. The summed E-state index contributed by atoms with van der Waals surface area (Å²) in [6, 6.07) is 15.8. The van der Waals surface area contributed by atoms with Crippen molar-refractivity contribution in [1.29, 1.82) is 0 Å². The molecule has 0 fully saturated rings. The van der Waals surface area contributed by atoms with Gasteiger partial charge in [-0.05, 0) is 41.7 Å². The van der Waals surface area contributed by atoms with E-state index in [9.17, 15) is 4.79 Å². The Morgan fingerprint density at radius 1 is 1.14 bits per heavy atom. The zero-order chi connectivity index (χ0) is 15.2. The van der Waals surface area contributed by atoms with Crippen LogP contribution >= 0.6 is 0 Å². The Balaban J connectivity index is 1.87. The van der Waals surface area contributed by atoms with Crippen LogP contribution in [0.25, 0.3) is 0 Å². The maximum atomic E-state index is 12.0. The van der Waals surface area contributed by atoms with Gasteiger partial charge in [-0.25, -0.2) is 0 Å². The summed E-state index contributed by atoms with van der Waals surface area (Å²) in [5, 5.41) is 2.99. The molecule has 1 amide bonds. The minimum Gasteiger partial charge on any atom is -0.399 e. The highest BCUT2D eigenvalue weighted by atomic mass is 16.1. The maximum absolute atomic E-state index is 12.0. The summed E-state index contributed by atoms with van der Waals surface area (Å²) >= 11 is 0. The molecule has 0 aliphatic heterocycles. The lowest BCUT2D eigenvalue weighted by Gasteiger charge is -2.13. The molecule has 110 valence electrons. The highest BCUT2D eigenvalue weighted by molar-refractivity contribution is 5.76. The summed E-state index contributed by atoms with van der Waals surface area (Å²) in [6.45, 7) is 4.69. The molecule has 0 heterocycles. The Morgan fingerprint density at radius 3 is 2.48 bits per heavy atom. The molecule has 0 aliphatic rings. The molecule has 2 rings (SSSR count). The number of nitrogens with two attached hydrogens (primary N) is 1. The average Bonchev–Trinajstić information content (AvgIpc) is 2.47. The van der Waals surface area contributed by atoms with Gasteiger partial charge in [0.25, 0.3) is 0 Å². The van der Waals surface area contributed by atoms with Gasteiger partial charge in [0.15, 0.2) is 0 Å². The molecule has 0 aromatic heterocycles. The molecule has 1 unspecified atom stereocenters. The van der Waals surface area contributed by atoms with E-state index in [1.54, 1.807) is 0 Å². The molecular formula is C18H22N2O. The summed E-state index contributed by atoms with van der Waals surface area (Å²) in [5.74, 6) is 0.255. The van der Waals surface area contributed by atoms with Crippen molar-refractivity contribution < 1.29 is 4.79 Å². The van der Waals surface area contributed by atoms with E-state index in [1.165, 1.54) is 5.56 Å². The zero-order valence-electron chi connectivity index (χ0n) is 12.6. The van der Waals surface area contributed by atoms with E-state index in [4.69, 9.17) is 5.73 Å². The van der Waals surface area contributed by atoms with E-state index in [1.807, 2.05) is 42.5 Å². The van der Waals surface area contributed by atoms with Crippen LogP contribution < -0.4 is 11.1 Å². The van der Waals surface area contributed by atoms with E-state index < -0.39 is 0 Å². The lowest BCUT2D eigenvalue weighted by Crippen LogP contribution is -2.24. The molecule has 21 heavy (non-hydrogen) atoms. The Kier molecular flexibility index (Phi) is 4.99. The van der Waals surface area contributed by atoms with E-state index in [0.29, 0.717) is 13.0 Å². The van der Waals surface area contributed by atoms with E-state index in [2.05, 4.69) is 25.2 Å². The normalized spacial score (nSPS) is 11.9. The lowest BCUT2D eigenvalue weighted by molar-refractivity contribution is -0.121. The van der Waals surface area contributed by atoms with Gasteiger partial charge in [-0.3, -0.25) is 4.79 Å². The van der Waals surface area contributed by atoms with Gasteiger partial charge < -0.3 is 11.1 Å². The van der Waals surface area contributed by atoms with Crippen molar-refractivity contribution in [2.75, 3.05) is 5.73 Å². The quantitative estimate of drug-likeness (QED) is 0.826. The molecule has 1 atom stereocenters. The first-order valence-electron chi connectivity index (χ1n) is 7.23. The molecule has 0 saturated heterocycles. The maximum Gasteiger partial charge on any atom is 0.220 e. The largest absolute Gasteiger partial charge is 0.399 e. The fraction of sp³-hybridized carbons (Fsp3) is 0.278. The first-order valence-corrected chi connectivity index (χ1v) is 7.23. The van der Waals surface area contributed by atoms with Crippen LogP contribution in [0.15, 0.2) is 48.5 Å². The van der Waals surface area contributed by atoms with Gasteiger partial charge in [0.05, 0.1) is 0 Å². The molecule has 0 bridgehead atoms. The third-order valence-corrected chi connectivity index (χ3v) is 3.73. The van der Waals surface area contributed by atoms with Gasteiger partial charge >= 0.3 is 0 Å². The molecule has 2 aromatic rings. The number of carbonyl (C=O) groups excluding carboxylic acids is 1. The number of amides is 1. The summed E-state index contributed by atoms with van der Waals surface area (Å²) in [7, 11) is 0. The van der Waals surface area contributed by atoms with Gasteiger partial charge in [0, 0.05) is 18.7 Å². The second-order valence-corrected chi connectivity index (χ2v) is 5.48. The molecule has 0 radical (unpaired) electrons. The van der Waals surface area contributed by atoms with Crippen molar-refractivity contribution >= 4 is 11.6 Å². The summed E-state index contributed by atoms with van der Waals surface area (Å²) < 4.78 is 0. The van der Waals surface area contributed by atoms with Crippen molar-refractivity contribution in [2.45, 2.75) is 32.7 Å². The average molecular weight is 282 g/mol. The Morgan fingerprint density at radius 2 is 1.81 bits per heavy atom. The van der Waals surface area contributed by atoms with Gasteiger partial charge in [-0.15, -0.1) is 0 Å². The smallest absolute Gasteiger partial charge is 0.220 e. The van der Waals surface area contributed by atoms with Gasteiger partial charge in [-0.2, -0.15) is 0 Å². The van der Waals surface area contributed by atoms with Crippen LogP contribution in [0.2, 0.25) is 0 Å². The summed E-state index contributed by atoms with van der Waals surface area (Å²) in [5.41, 5.74) is 9.91. The number of anilines is 1. The molecule has 3 nitrogen and oxygen atoms in total. The molecule has 0 spiro atoms. The van der Waals surface area contributed by atoms with Crippen LogP contribution in [-0.4, -0.2) is 5.91 Å². The number of aryl methyl sites for hydroxylation is 1. The zero-order valence-corrected chi connectivity index (χ0v) is 12.6. The molecule has 0 aliphatic carbocycles. The molecule has 2 aromatic carbocycles. The van der Waals surface area contributed by atoms with Crippen molar-refractivity contribution in [3.63, 3.8) is 0 Å². The standard InChI is InChI=1S/C18H22N2O/c1-13-5-3-4-6-16(13)12-20-18(21)11-14(2)15-7-9-17(19)10-8-15/h3-10,14H,11-12,19H2,1-2H3,(H,20,21). The number of carbonyl (C=O) groups is 1. The van der Waals surface area contributed by atoms with Crippen LogP contribution in [0.3, 0.4) is 0 Å². The predicted octanol–water partition coefficient (Wildman–Crippen LogP) is 3.39. The first-order chi connectivity index (χ1) is 10.1. The Hall–Kier alpha value is -2.29. The van der Waals surface area contributed by atoms with Gasteiger partial charge in [-0.1, -0.05) is 43.3 Å². The van der Waals surface area contributed by atoms with Crippen molar-refractivity contribution in [2.24, 2.45) is 0 Å². The SMILES string of the molecule is Cc1ccccc1CNC(=O)CC(C)c1ccc(N)cc1. The number of hydrogen-bond acceptors (Lipinski definition) is 2. The topological polar surface area (TPSA) is 55.1 Å². The number of nitrogens with one attached hydrogen (secondary N) is 1. The second-order valence-electron chi connectivity index (χ2n) is 5.48. The van der Waals surface area contributed by atoms with E-state index in [0.717, 1.165) is 16.8 Å². The number of benzene rings is 2. The fourth-order valence-corrected chi connectivity index (χ4v) is 2.29. The van der Waals surface area contributed by atoms with Crippen LogP contribution in [0.4, 0.5) is 5.69 Å². The highest BCUT2D eigenvalue weighted by Gasteiger charge is 2.11. The van der Waals surface area contributed by atoms with Crippen LogP contribution in [0.1, 0.15) is 36.0 Å². The lowest BCUT2D eigenvalue weighted by atomic mass is 9.97. The number of nitrogen functional groups attached to an aromatic ring is 1. The molecular weight excluding hydrogens is 260 g/mol. The highest BCUT2D eigenvalue weighted by Crippen LogP contribution is 2.20. The molecule has 0 saturated carbocycles. The summed E-state index contributed by atoms with van der Waals surface area (Å²) in [6.07, 6.45) is 0.482. The third-order valence-electron chi connectivity index (χ3n) is 3.73. The van der Waals surface area contributed by atoms with E-state index in [-0.39, 0.29) is 11.8 Å². The van der Waals surface area contributed by atoms with Gasteiger partial charge in [0.1, 0.15) is 0 Å². The van der Waals surface area contributed by atoms with Crippen LogP contribution in [0, 0.1) is 6.92 Å². The van der Waals surface area contributed by atoms with Crippen molar-refractivity contribution in [3.8, 4) is 0 Å². The molecule has 3 heteroatoms. The Labute approximate surface area is 126 Å². The monoisotopic (exact) mass is 282 g/mol. The minimum atomic E-state index is 0.0718. The first kappa shape index (κ1) is 15.1. The van der Waals surface area contributed by atoms with Crippen LogP contribution in [0.5, 0.6) is 0 Å². The summed E-state index contributed by atoms with van der Waals surface area (Å²) in [4.78, 5) is 12.0. The number of hydrogen-bond donors (Lipinski definition) is 2. The fourth-order valence-electron chi connectivity index (χ4n) is 2.29. The van der Waals surface area contributed by atoms with Gasteiger partial charge in [0.2, 0.25) is 5.91 Å².